The van der Waals surface area contributed by atoms with E-state index in [1.165, 1.54) is 103 Å². The summed E-state index contributed by atoms with van der Waals surface area (Å²) in [6, 6.07) is -1.03. The number of carbonyl (C=O) groups excluding carboxylic acids is 2. The van der Waals surface area contributed by atoms with E-state index in [9.17, 15) is 35.1 Å². The van der Waals surface area contributed by atoms with Gasteiger partial charge in [-0.2, -0.15) is 0 Å². The summed E-state index contributed by atoms with van der Waals surface area (Å²) in [5, 5.41) is 56.8. The number of carbonyl (C=O) groups is 2. The smallest absolute Gasteiger partial charge is 0.306 e. The van der Waals surface area contributed by atoms with Crippen molar-refractivity contribution in [2.75, 3.05) is 13.2 Å². The van der Waals surface area contributed by atoms with Crippen LogP contribution in [0, 0.1) is 0 Å². The zero-order chi connectivity index (χ0) is 51.1. The van der Waals surface area contributed by atoms with Gasteiger partial charge in [0.25, 0.3) is 0 Å². The van der Waals surface area contributed by atoms with Gasteiger partial charge in [-0.05, 0) is 70.6 Å². The lowest BCUT2D eigenvalue weighted by Crippen LogP contribution is -2.61. The van der Waals surface area contributed by atoms with E-state index < -0.39 is 67.4 Å². The van der Waals surface area contributed by atoms with Gasteiger partial charge in [0, 0.05) is 6.42 Å². The summed E-state index contributed by atoms with van der Waals surface area (Å²) in [4.78, 5) is 26.4. The Morgan fingerprint density at radius 3 is 1.57 bits per heavy atom. The van der Waals surface area contributed by atoms with E-state index in [0.29, 0.717) is 12.8 Å². The van der Waals surface area contributed by atoms with Gasteiger partial charge in [-0.3, -0.25) is 9.59 Å². The highest BCUT2D eigenvalue weighted by Crippen LogP contribution is 2.26. The van der Waals surface area contributed by atoms with Crippen molar-refractivity contribution < 1.29 is 49.3 Å². The molecule has 0 aromatic rings. The number of allylic oxidation sites excluding steroid dienone is 9. The second kappa shape index (κ2) is 47.4. The van der Waals surface area contributed by atoms with Crippen molar-refractivity contribution in [3.05, 3.63) is 60.8 Å². The Morgan fingerprint density at radius 2 is 1.04 bits per heavy atom. The van der Waals surface area contributed by atoms with Gasteiger partial charge in [0.05, 0.1) is 25.4 Å². The SMILES string of the molecule is CC/C=C/C=C/C=C\CCCCCCCC(=O)OC1C(OCC(NC(=O)C(O)CCCCCCCC/C=C/CCCCCCCC)C(O)/C=C/CCCCCCCCCCCC)OC(CO)C(O)C1O. The van der Waals surface area contributed by atoms with Crippen molar-refractivity contribution in [1.29, 1.82) is 0 Å². The number of nitrogens with one attached hydrogen (secondary N) is 1. The third kappa shape index (κ3) is 35.5. The van der Waals surface area contributed by atoms with E-state index in [0.717, 1.165) is 89.9 Å². The first-order valence-electron chi connectivity index (χ1n) is 28.6. The molecule has 1 fully saturated rings. The number of ether oxygens (including phenoxy) is 3. The zero-order valence-corrected chi connectivity index (χ0v) is 44.6. The van der Waals surface area contributed by atoms with Crippen molar-refractivity contribution in [2.45, 2.75) is 288 Å². The number of aliphatic hydroxyl groups is 5. The third-order valence-corrected chi connectivity index (χ3v) is 13.2. The lowest BCUT2D eigenvalue weighted by molar-refractivity contribution is -0.305. The molecule has 70 heavy (non-hydrogen) atoms. The molecule has 6 N–H and O–H groups in total. The minimum absolute atomic E-state index is 0.0988. The average molecular weight is 988 g/mol. The molecule has 11 heteroatoms. The van der Waals surface area contributed by atoms with Crippen molar-refractivity contribution in [3.63, 3.8) is 0 Å². The van der Waals surface area contributed by atoms with Gasteiger partial charge in [0.1, 0.15) is 24.4 Å². The average Bonchev–Trinajstić information content (AvgIpc) is 3.36. The van der Waals surface area contributed by atoms with E-state index in [1.54, 1.807) is 6.08 Å². The largest absolute Gasteiger partial charge is 0.454 e. The summed E-state index contributed by atoms with van der Waals surface area (Å²) < 4.78 is 17.5. The fraction of sp³-hybridized carbons (Fsp3) is 0.797. The minimum atomic E-state index is -1.62. The first-order chi connectivity index (χ1) is 34.2. The number of hydrogen-bond donors (Lipinski definition) is 6. The van der Waals surface area contributed by atoms with Crippen LogP contribution < -0.4 is 5.32 Å². The number of rotatable bonds is 47. The fourth-order valence-electron chi connectivity index (χ4n) is 8.64. The molecule has 11 nitrogen and oxygen atoms in total. The van der Waals surface area contributed by atoms with E-state index >= 15 is 0 Å². The molecule has 0 radical (unpaired) electrons. The molecule has 1 amide bonds. The van der Waals surface area contributed by atoms with Gasteiger partial charge in [0.2, 0.25) is 5.91 Å². The molecule has 406 valence electrons. The summed E-state index contributed by atoms with van der Waals surface area (Å²) in [7, 11) is 0. The monoisotopic (exact) mass is 988 g/mol. The lowest BCUT2D eigenvalue weighted by Gasteiger charge is -2.41. The molecule has 1 aliphatic heterocycles. The number of hydrogen-bond acceptors (Lipinski definition) is 10. The molecule has 8 atom stereocenters. The quantitative estimate of drug-likeness (QED) is 0.0149. The maximum atomic E-state index is 13.4. The van der Waals surface area contributed by atoms with Crippen LogP contribution in [0.25, 0.3) is 0 Å². The van der Waals surface area contributed by atoms with Gasteiger partial charge in [-0.15, -0.1) is 0 Å². The third-order valence-electron chi connectivity index (χ3n) is 13.2. The highest BCUT2D eigenvalue weighted by atomic mass is 16.7. The van der Waals surface area contributed by atoms with E-state index in [1.807, 2.05) is 24.3 Å². The fourth-order valence-corrected chi connectivity index (χ4v) is 8.64. The predicted molar refractivity (Wildman–Crippen MR) is 287 cm³/mol. The Balaban J connectivity index is 2.75. The van der Waals surface area contributed by atoms with Crippen LogP contribution in [0.5, 0.6) is 0 Å². The summed E-state index contributed by atoms with van der Waals surface area (Å²) in [6.07, 6.45) is 46.9. The van der Waals surface area contributed by atoms with Gasteiger partial charge >= 0.3 is 5.97 Å². The molecular weight excluding hydrogens is 883 g/mol. The van der Waals surface area contributed by atoms with Crippen molar-refractivity contribution >= 4 is 11.9 Å². The van der Waals surface area contributed by atoms with Crippen LogP contribution in [0.4, 0.5) is 0 Å². The van der Waals surface area contributed by atoms with E-state index in [2.05, 4.69) is 56.5 Å². The van der Waals surface area contributed by atoms with Crippen molar-refractivity contribution in [1.82, 2.24) is 5.32 Å². The first kappa shape index (κ1) is 65.4. The van der Waals surface area contributed by atoms with Gasteiger partial charge in [-0.1, -0.05) is 223 Å². The Morgan fingerprint density at radius 1 is 0.571 bits per heavy atom. The number of unbranched alkanes of at least 4 members (excludes halogenated alkanes) is 27. The van der Waals surface area contributed by atoms with Crippen LogP contribution in [0.15, 0.2) is 60.8 Å². The van der Waals surface area contributed by atoms with Crippen LogP contribution in [0.2, 0.25) is 0 Å². The predicted octanol–water partition coefficient (Wildman–Crippen LogP) is 12.7. The molecular formula is C59H105NO10. The first-order valence-corrected chi connectivity index (χ1v) is 28.6. The van der Waals surface area contributed by atoms with Crippen molar-refractivity contribution in [3.8, 4) is 0 Å². The van der Waals surface area contributed by atoms with Crippen LogP contribution in [-0.4, -0.2) is 99.6 Å². The van der Waals surface area contributed by atoms with Crippen LogP contribution in [-0.2, 0) is 23.8 Å². The Bertz CT molecular complexity index is 1370. The molecule has 8 unspecified atom stereocenters. The summed E-state index contributed by atoms with van der Waals surface area (Å²) in [5.74, 6) is -1.22. The maximum Gasteiger partial charge on any atom is 0.306 e. The standard InChI is InChI=1S/C59H105NO10/c1-4-7-10-13-16-19-22-25-26-27-29-31-34-37-40-43-46-52(63)58(67)60-50(51(62)45-42-39-36-33-30-24-21-18-15-12-9-6-3)49-68-59-57(56(66)55(65)53(48-61)69-59)70-54(64)47-44-41-38-35-32-28-23-20-17-14-11-8-5-2/h8,11,14,17,20,23,25-26,42,45,50-53,55-57,59,61-63,65-66H,4-7,9-10,12-13,15-16,18-19,21-22,24,27-41,43-44,46-49H2,1-3H3,(H,60,67)/b11-8+,17-14+,23-20-,26-25+,45-42+. The van der Waals surface area contributed by atoms with E-state index in [4.69, 9.17) is 14.2 Å². The molecule has 0 bridgehead atoms. The maximum absolute atomic E-state index is 13.4. The molecule has 1 aliphatic rings. The summed E-state index contributed by atoms with van der Waals surface area (Å²) in [5.41, 5.74) is 0. The zero-order valence-electron chi connectivity index (χ0n) is 44.6. The van der Waals surface area contributed by atoms with Crippen LogP contribution in [0.3, 0.4) is 0 Å². The lowest BCUT2D eigenvalue weighted by atomic mass is 9.99. The van der Waals surface area contributed by atoms with Crippen LogP contribution >= 0.6 is 0 Å². The summed E-state index contributed by atoms with van der Waals surface area (Å²) in [6.45, 7) is 5.62. The summed E-state index contributed by atoms with van der Waals surface area (Å²) >= 11 is 0. The number of esters is 1. The van der Waals surface area contributed by atoms with Gasteiger partial charge < -0.3 is 45.1 Å². The van der Waals surface area contributed by atoms with Gasteiger partial charge in [0.15, 0.2) is 12.4 Å². The molecule has 0 aromatic heterocycles. The Labute approximate surface area is 427 Å². The number of amides is 1. The van der Waals surface area contributed by atoms with Crippen molar-refractivity contribution in [2.24, 2.45) is 0 Å². The highest BCUT2D eigenvalue weighted by Gasteiger charge is 2.47. The second-order valence-corrected chi connectivity index (χ2v) is 19.7. The van der Waals surface area contributed by atoms with Gasteiger partial charge in [-0.25, -0.2) is 0 Å². The Kier molecular flexibility index (Phi) is 44.2. The molecule has 0 spiro atoms. The normalized spacial score (nSPS) is 20.1. The molecule has 0 aliphatic carbocycles. The molecule has 0 aromatic carbocycles. The Hall–Kier alpha value is -2.64. The minimum Gasteiger partial charge on any atom is -0.454 e. The van der Waals surface area contributed by atoms with E-state index in [-0.39, 0.29) is 19.4 Å². The van der Waals surface area contributed by atoms with Crippen LogP contribution in [0.1, 0.15) is 239 Å². The molecule has 0 saturated carbocycles. The second-order valence-electron chi connectivity index (χ2n) is 19.7. The molecule has 1 heterocycles. The molecule has 1 saturated heterocycles. The molecule has 1 rings (SSSR count). The number of aliphatic hydroxyl groups excluding tert-OH is 5. The topological polar surface area (TPSA) is 175 Å². The highest BCUT2D eigenvalue weighted by molar-refractivity contribution is 5.80.